The summed E-state index contributed by atoms with van der Waals surface area (Å²) < 4.78 is 7.71. The van der Waals surface area contributed by atoms with Crippen molar-refractivity contribution in [1.82, 2.24) is 24.9 Å². The van der Waals surface area contributed by atoms with E-state index in [0.29, 0.717) is 18.5 Å². The zero-order chi connectivity index (χ0) is 11.5. The molecule has 2 aromatic rings. The lowest BCUT2D eigenvalue weighted by Crippen LogP contribution is -2.32. The first-order chi connectivity index (χ1) is 8.43. The third-order valence-electron chi connectivity index (χ3n) is 2.99. The van der Waals surface area contributed by atoms with Crippen LogP contribution in [0.25, 0.3) is 5.78 Å². The van der Waals surface area contributed by atoms with E-state index >= 15 is 0 Å². The van der Waals surface area contributed by atoms with Gasteiger partial charge < -0.3 is 10.1 Å². The molecule has 1 fully saturated rings. The normalized spacial score (nSPS) is 17.6. The van der Waals surface area contributed by atoms with Gasteiger partial charge in [0, 0.05) is 12.4 Å². The molecule has 0 aliphatic carbocycles. The number of fused-ring (bicyclic) bond motifs is 1. The van der Waals surface area contributed by atoms with Crippen LogP contribution < -0.4 is 5.32 Å². The number of hydrogen-bond acceptors (Lipinski definition) is 5. The minimum absolute atomic E-state index is 0.334. The molecule has 0 bridgehead atoms. The summed E-state index contributed by atoms with van der Waals surface area (Å²) in [6.45, 7) is 2.57. The molecule has 0 radical (unpaired) electrons. The first-order valence-corrected chi connectivity index (χ1v) is 5.90. The smallest absolute Gasteiger partial charge is 0.255 e. The maximum absolute atomic E-state index is 5.84. The summed E-state index contributed by atoms with van der Waals surface area (Å²) in [6, 6.07) is 1.87. The Balaban J connectivity index is 1.68. The van der Waals surface area contributed by atoms with Crippen LogP contribution in [-0.2, 0) is 11.3 Å². The minimum Gasteiger partial charge on any atom is -0.370 e. The number of nitrogens with one attached hydrogen (secondary N) is 1. The molecule has 6 heteroatoms. The van der Waals surface area contributed by atoms with Crippen molar-refractivity contribution in [2.75, 3.05) is 13.1 Å². The third kappa shape index (κ3) is 2.27. The van der Waals surface area contributed by atoms with Gasteiger partial charge in [0.2, 0.25) is 0 Å². The average molecular weight is 233 g/mol. The Morgan fingerprint density at radius 2 is 2.24 bits per heavy atom. The van der Waals surface area contributed by atoms with E-state index in [1.165, 1.54) is 0 Å². The Hall–Kier alpha value is -1.53. The maximum atomic E-state index is 5.84. The van der Waals surface area contributed by atoms with Crippen molar-refractivity contribution in [3.63, 3.8) is 0 Å². The summed E-state index contributed by atoms with van der Waals surface area (Å²) in [5.74, 6) is 1.43. The molecule has 1 saturated heterocycles. The van der Waals surface area contributed by atoms with Crippen LogP contribution in [0.2, 0.25) is 0 Å². The van der Waals surface area contributed by atoms with Crippen LogP contribution in [0.15, 0.2) is 18.5 Å². The Bertz CT molecular complexity index is 491. The number of rotatable bonds is 3. The predicted molar refractivity (Wildman–Crippen MR) is 61.5 cm³/mol. The third-order valence-corrected chi connectivity index (χ3v) is 2.99. The molecule has 1 aliphatic heterocycles. The van der Waals surface area contributed by atoms with Crippen LogP contribution in [0.1, 0.15) is 18.7 Å². The van der Waals surface area contributed by atoms with E-state index in [-0.39, 0.29) is 0 Å². The summed E-state index contributed by atoms with van der Waals surface area (Å²) in [7, 11) is 0. The van der Waals surface area contributed by atoms with Gasteiger partial charge in [0.15, 0.2) is 5.82 Å². The molecule has 0 unspecified atom stereocenters. The maximum Gasteiger partial charge on any atom is 0.255 e. The summed E-state index contributed by atoms with van der Waals surface area (Å²) >= 11 is 0. The number of aromatic nitrogens is 4. The zero-order valence-electron chi connectivity index (χ0n) is 9.54. The first kappa shape index (κ1) is 10.6. The standard InChI is InChI=1S/C11H15N5O/c1-4-13-11-15-14-10(16(11)7-1)8-17-9-2-5-12-6-3-9/h1,4,7,9,12H,2-3,5-6,8H2. The summed E-state index contributed by atoms with van der Waals surface area (Å²) in [4.78, 5) is 4.12. The highest BCUT2D eigenvalue weighted by Gasteiger charge is 2.14. The quantitative estimate of drug-likeness (QED) is 0.831. The second kappa shape index (κ2) is 4.77. The van der Waals surface area contributed by atoms with Crippen LogP contribution in [0.3, 0.4) is 0 Å². The zero-order valence-corrected chi connectivity index (χ0v) is 9.54. The summed E-state index contributed by atoms with van der Waals surface area (Å²) in [5, 5.41) is 11.4. The average Bonchev–Trinajstić information content (AvgIpc) is 2.81. The molecule has 0 spiro atoms. The largest absolute Gasteiger partial charge is 0.370 e. The highest BCUT2D eigenvalue weighted by Crippen LogP contribution is 2.10. The molecule has 6 nitrogen and oxygen atoms in total. The fraction of sp³-hybridized carbons (Fsp3) is 0.545. The van der Waals surface area contributed by atoms with Gasteiger partial charge in [0.1, 0.15) is 6.61 Å². The second-order valence-electron chi connectivity index (χ2n) is 4.17. The lowest BCUT2D eigenvalue weighted by Gasteiger charge is -2.22. The van der Waals surface area contributed by atoms with Crippen molar-refractivity contribution in [3.8, 4) is 0 Å². The molecule has 2 aromatic heterocycles. The van der Waals surface area contributed by atoms with Gasteiger partial charge in [0.25, 0.3) is 5.78 Å². The Morgan fingerprint density at radius 1 is 1.35 bits per heavy atom. The minimum atomic E-state index is 0.334. The first-order valence-electron chi connectivity index (χ1n) is 5.90. The van der Waals surface area contributed by atoms with Crippen molar-refractivity contribution in [3.05, 3.63) is 24.3 Å². The molecule has 90 valence electrons. The molecule has 17 heavy (non-hydrogen) atoms. The lowest BCUT2D eigenvalue weighted by molar-refractivity contribution is 0.0174. The molecular weight excluding hydrogens is 218 g/mol. The monoisotopic (exact) mass is 233 g/mol. The van der Waals surface area contributed by atoms with Crippen molar-refractivity contribution < 1.29 is 4.74 Å². The molecule has 0 atom stereocenters. The Morgan fingerprint density at radius 3 is 3.12 bits per heavy atom. The lowest BCUT2D eigenvalue weighted by atomic mass is 10.1. The van der Waals surface area contributed by atoms with Crippen LogP contribution in [0.5, 0.6) is 0 Å². The predicted octanol–water partition coefficient (Wildman–Crippen LogP) is 0.393. The van der Waals surface area contributed by atoms with Gasteiger partial charge in [-0.15, -0.1) is 10.2 Å². The molecule has 3 rings (SSSR count). The van der Waals surface area contributed by atoms with Gasteiger partial charge >= 0.3 is 0 Å². The molecule has 0 saturated carbocycles. The second-order valence-corrected chi connectivity index (χ2v) is 4.17. The Labute approximate surface area is 99.0 Å². The van der Waals surface area contributed by atoms with Crippen molar-refractivity contribution in [2.24, 2.45) is 0 Å². The van der Waals surface area contributed by atoms with E-state index < -0.39 is 0 Å². The molecule has 1 N–H and O–H groups in total. The van der Waals surface area contributed by atoms with Gasteiger partial charge in [0.05, 0.1) is 6.10 Å². The number of nitrogens with zero attached hydrogens (tertiary/aromatic N) is 4. The van der Waals surface area contributed by atoms with E-state index in [0.717, 1.165) is 31.8 Å². The van der Waals surface area contributed by atoms with Crippen molar-refractivity contribution in [2.45, 2.75) is 25.6 Å². The summed E-state index contributed by atoms with van der Waals surface area (Å²) in [5.41, 5.74) is 0. The fourth-order valence-electron chi connectivity index (χ4n) is 2.04. The van der Waals surface area contributed by atoms with E-state index in [1.807, 2.05) is 16.7 Å². The van der Waals surface area contributed by atoms with Crippen LogP contribution >= 0.6 is 0 Å². The molecule has 1 aliphatic rings. The van der Waals surface area contributed by atoms with Gasteiger partial charge in [-0.2, -0.15) is 0 Å². The van der Waals surface area contributed by atoms with Gasteiger partial charge in [-0.1, -0.05) is 0 Å². The molecule has 0 amide bonds. The van der Waals surface area contributed by atoms with Crippen molar-refractivity contribution in [1.29, 1.82) is 0 Å². The van der Waals surface area contributed by atoms with Crippen molar-refractivity contribution >= 4 is 5.78 Å². The highest BCUT2D eigenvalue weighted by molar-refractivity contribution is 5.25. The molecular formula is C11H15N5O. The SMILES string of the molecule is c1cnc2nnc(COC3CCNCC3)n2c1. The highest BCUT2D eigenvalue weighted by atomic mass is 16.5. The topological polar surface area (TPSA) is 64.3 Å². The van der Waals surface area contributed by atoms with E-state index in [2.05, 4.69) is 20.5 Å². The van der Waals surface area contributed by atoms with Gasteiger partial charge in [-0.05, 0) is 32.0 Å². The van der Waals surface area contributed by atoms with Gasteiger partial charge in [-0.25, -0.2) is 4.98 Å². The van der Waals surface area contributed by atoms with Crippen LogP contribution in [0, 0.1) is 0 Å². The molecule has 3 heterocycles. The number of hydrogen-bond donors (Lipinski definition) is 1. The number of piperidine rings is 1. The van der Waals surface area contributed by atoms with Crippen LogP contribution in [0.4, 0.5) is 0 Å². The van der Waals surface area contributed by atoms with Gasteiger partial charge in [-0.3, -0.25) is 4.40 Å². The number of ether oxygens (including phenoxy) is 1. The van der Waals surface area contributed by atoms with E-state index in [9.17, 15) is 0 Å². The fourth-order valence-corrected chi connectivity index (χ4v) is 2.04. The summed E-state index contributed by atoms with van der Waals surface area (Å²) in [6.07, 6.45) is 6.08. The van der Waals surface area contributed by atoms with E-state index in [1.54, 1.807) is 6.20 Å². The molecule has 0 aromatic carbocycles. The van der Waals surface area contributed by atoms with Crippen LogP contribution in [-0.4, -0.2) is 38.8 Å². The van der Waals surface area contributed by atoms with E-state index in [4.69, 9.17) is 4.74 Å². The Kier molecular flexibility index (Phi) is 2.98.